The molecular formula is C34H53O3P. The van der Waals surface area contributed by atoms with Crippen LogP contribution in [0.5, 0.6) is 11.5 Å². The van der Waals surface area contributed by atoms with Crippen LogP contribution in [0.1, 0.15) is 110 Å². The third kappa shape index (κ3) is 9.87. The lowest BCUT2D eigenvalue weighted by molar-refractivity contribution is 0.138. The van der Waals surface area contributed by atoms with Gasteiger partial charge in [-0.1, -0.05) is 98.9 Å². The number of rotatable bonds is 14. The third-order valence-electron chi connectivity index (χ3n) is 7.07. The van der Waals surface area contributed by atoms with Crippen LogP contribution in [0.15, 0.2) is 36.4 Å². The molecule has 0 aromatic heterocycles. The Morgan fingerprint density at radius 2 is 1.03 bits per heavy atom. The van der Waals surface area contributed by atoms with Gasteiger partial charge < -0.3 is 9.05 Å². The van der Waals surface area contributed by atoms with Gasteiger partial charge in [-0.05, 0) is 96.6 Å². The van der Waals surface area contributed by atoms with Gasteiger partial charge in [0.2, 0.25) is 0 Å². The fraction of sp³-hybridized carbons (Fsp3) is 0.647. The first-order chi connectivity index (χ1) is 18.1. The number of hydrogen-bond acceptors (Lipinski definition) is 3. The van der Waals surface area contributed by atoms with E-state index in [4.69, 9.17) is 13.6 Å². The van der Waals surface area contributed by atoms with E-state index < -0.39 is 8.60 Å². The highest BCUT2D eigenvalue weighted by Gasteiger charge is 2.28. The quantitative estimate of drug-likeness (QED) is 0.223. The number of benzene rings is 2. The first kappa shape index (κ1) is 31.0. The molecule has 0 saturated heterocycles. The Morgan fingerprint density at radius 3 is 1.42 bits per heavy atom. The molecule has 2 aromatic rings. The van der Waals surface area contributed by atoms with Crippen molar-refractivity contribution < 1.29 is 13.6 Å². The Labute approximate surface area is 235 Å². The van der Waals surface area contributed by atoms with Gasteiger partial charge in [-0.2, -0.15) is 0 Å². The molecule has 1 aliphatic carbocycles. The lowest BCUT2D eigenvalue weighted by atomic mass is 9.92. The van der Waals surface area contributed by atoms with Crippen LogP contribution in [0.2, 0.25) is 0 Å². The molecule has 0 radical (unpaired) electrons. The summed E-state index contributed by atoms with van der Waals surface area (Å²) in [6, 6.07) is 13.1. The molecule has 1 saturated carbocycles. The molecule has 212 valence electrons. The van der Waals surface area contributed by atoms with E-state index in [9.17, 15) is 0 Å². The molecular weight excluding hydrogens is 487 g/mol. The van der Waals surface area contributed by atoms with Gasteiger partial charge in [-0.25, -0.2) is 0 Å². The minimum atomic E-state index is -1.58. The summed E-state index contributed by atoms with van der Waals surface area (Å²) in [7, 11) is -1.58. The minimum absolute atomic E-state index is 0.203. The zero-order valence-corrected chi connectivity index (χ0v) is 26.3. The van der Waals surface area contributed by atoms with Gasteiger partial charge in [0.1, 0.15) is 11.5 Å². The van der Waals surface area contributed by atoms with E-state index in [1.807, 2.05) is 0 Å². The lowest BCUT2D eigenvalue weighted by Gasteiger charge is -2.28. The highest BCUT2D eigenvalue weighted by molar-refractivity contribution is 7.42. The molecule has 4 heteroatoms. The maximum atomic E-state index is 6.78. The van der Waals surface area contributed by atoms with Crippen molar-refractivity contribution >= 4 is 8.60 Å². The lowest BCUT2D eigenvalue weighted by Crippen LogP contribution is -2.17. The Hall–Kier alpha value is -1.57. The van der Waals surface area contributed by atoms with Crippen LogP contribution in [0, 0.1) is 23.7 Å². The molecule has 1 aliphatic rings. The summed E-state index contributed by atoms with van der Waals surface area (Å²) in [6.45, 7) is 18.3. The molecule has 38 heavy (non-hydrogen) atoms. The predicted molar refractivity (Wildman–Crippen MR) is 163 cm³/mol. The van der Waals surface area contributed by atoms with Crippen LogP contribution in [0.4, 0.5) is 0 Å². The summed E-state index contributed by atoms with van der Waals surface area (Å²) in [6.07, 6.45) is 10.2. The van der Waals surface area contributed by atoms with E-state index in [1.54, 1.807) is 0 Å². The molecule has 0 heterocycles. The molecule has 0 atom stereocenters. The van der Waals surface area contributed by atoms with Gasteiger partial charge in [0, 0.05) is 0 Å². The normalized spacial score (nSPS) is 14.9. The molecule has 0 spiro atoms. The largest absolute Gasteiger partial charge is 0.463 e. The van der Waals surface area contributed by atoms with Gasteiger partial charge in [-0.15, -0.1) is 0 Å². The Kier molecular flexibility index (Phi) is 12.4. The molecule has 0 bridgehead atoms. The van der Waals surface area contributed by atoms with Crippen molar-refractivity contribution in [2.24, 2.45) is 23.7 Å². The Morgan fingerprint density at radius 1 is 0.605 bits per heavy atom. The van der Waals surface area contributed by atoms with Crippen LogP contribution < -0.4 is 9.05 Å². The van der Waals surface area contributed by atoms with E-state index in [2.05, 4.69) is 91.8 Å². The topological polar surface area (TPSA) is 27.7 Å². The van der Waals surface area contributed by atoms with E-state index in [0.717, 1.165) is 50.0 Å². The van der Waals surface area contributed by atoms with Crippen LogP contribution in [0.25, 0.3) is 0 Å². The molecule has 0 aliphatic heterocycles. The second-order valence-corrected chi connectivity index (χ2v) is 14.0. The molecule has 0 amide bonds. The highest BCUT2D eigenvalue weighted by atomic mass is 31.2. The summed E-state index contributed by atoms with van der Waals surface area (Å²) < 4.78 is 20.2. The summed E-state index contributed by atoms with van der Waals surface area (Å²) in [5.41, 5.74) is 5.41. The average Bonchev–Trinajstić information content (AvgIpc) is 2.82. The smallest absolute Gasteiger partial charge is 0.417 e. The van der Waals surface area contributed by atoms with Crippen molar-refractivity contribution in [2.45, 2.75) is 119 Å². The molecule has 0 unspecified atom stereocenters. The second kappa shape index (κ2) is 15.3. The Bertz CT molecular complexity index is 906. The fourth-order valence-electron chi connectivity index (χ4n) is 5.45. The minimum Gasteiger partial charge on any atom is -0.417 e. The van der Waals surface area contributed by atoms with Gasteiger partial charge >= 0.3 is 8.60 Å². The monoisotopic (exact) mass is 540 g/mol. The first-order valence-corrected chi connectivity index (χ1v) is 16.3. The summed E-state index contributed by atoms with van der Waals surface area (Å²) in [4.78, 5) is 0. The predicted octanol–water partition coefficient (Wildman–Crippen LogP) is 10.5. The first-order valence-electron chi connectivity index (χ1n) is 15.2. The second-order valence-electron chi connectivity index (χ2n) is 13.0. The van der Waals surface area contributed by atoms with Gasteiger partial charge in [0.15, 0.2) is 0 Å². The van der Waals surface area contributed by atoms with Crippen LogP contribution >= 0.6 is 8.60 Å². The molecule has 3 nitrogen and oxygen atoms in total. The summed E-state index contributed by atoms with van der Waals surface area (Å²) >= 11 is 0. The van der Waals surface area contributed by atoms with E-state index >= 15 is 0 Å². The average molecular weight is 541 g/mol. The molecule has 2 aromatic carbocycles. The van der Waals surface area contributed by atoms with Crippen LogP contribution in [-0.2, 0) is 30.2 Å². The van der Waals surface area contributed by atoms with Crippen LogP contribution in [-0.4, -0.2) is 6.10 Å². The Balaban J connectivity index is 1.97. The van der Waals surface area contributed by atoms with Gasteiger partial charge in [0.05, 0.1) is 6.10 Å². The van der Waals surface area contributed by atoms with E-state index in [1.165, 1.54) is 41.5 Å². The zero-order valence-electron chi connectivity index (χ0n) is 25.4. The van der Waals surface area contributed by atoms with Crippen molar-refractivity contribution in [3.63, 3.8) is 0 Å². The van der Waals surface area contributed by atoms with Gasteiger partial charge in [-0.3, -0.25) is 4.52 Å². The molecule has 3 rings (SSSR count). The third-order valence-corrected chi connectivity index (χ3v) is 8.24. The van der Waals surface area contributed by atoms with E-state index in [-0.39, 0.29) is 6.10 Å². The maximum Gasteiger partial charge on any atom is 0.463 e. The van der Waals surface area contributed by atoms with Crippen molar-refractivity contribution in [3.05, 3.63) is 58.7 Å². The molecule has 1 fully saturated rings. The van der Waals surface area contributed by atoms with Crippen molar-refractivity contribution in [3.8, 4) is 11.5 Å². The standard InChI is InChI=1S/C34H53O3P/c1-24(2)20-28-14-12-18-33(31(28)22-26(5)6)36-38(35-30-16-10-9-11-17-30)37-34-19-13-15-29(21-25(3)4)32(34)23-27(7)8/h12-15,18-19,24-27,30H,9-11,16-17,20-23H2,1-8H3. The van der Waals surface area contributed by atoms with E-state index in [0.29, 0.717) is 23.7 Å². The summed E-state index contributed by atoms with van der Waals surface area (Å²) in [5.74, 6) is 4.14. The van der Waals surface area contributed by atoms with Crippen molar-refractivity contribution in [2.75, 3.05) is 0 Å². The maximum absolute atomic E-state index is 6.78. The molecule has 0 N–H and O–H groups in total. The fourth-order valence-corrected chi connectivity index (χ4v) is 6.69. The van der Waals surface area contributed by atoms with Gasteiger partial charge in [0.25, 0.3) is 0 Å². The summed E-state index contributed by atoms with van der Waals surface area (Å²) in [5, 5.41) is 0. The van der Waals surface area contributed by atoms with Crippen molar-refractivity contribution in [1.29, 1.82) is 0 Å². The number of hydrogen-bond donors (Lipinski definition) is 0. The SMILES string of the molecule is CC(C)Cc1cccc(OP(Oc2cccc(CC(C)C)c2CC(C)C)OC2CCCCC2)c1CC(C)C. The zero-order chi connectivity index (χ0) is 27.7. The van der Waals surface area contributed by atoms with Crippen LogP contribution in [0.3, 0.4) is 0 Å². The van der Waals surface area contributed by atoms with Crippen molar-refractivity contribution in [1.82, 2.24) is 0 Å². The highest BCUT2D eigenvalue weighted by Crippen LogP contribution is 2.47.